The molecule has 6 nitrogen and oxygen atoms in total. The summed E-state index contributed by atoms with van der Waals surface area (Å²) < 4.78 is 1.61. The molecule has 2 heterocycles. The van der Waals surface area contributed by atoms with Crippen LogP contribution in [0.4, 0.5) is 0 Å². The van der Waals surface area contributed by atoms with E-state index < -0.39 is 0 Å². The number of para-hydroxylation sites is 1. The molecule has 2 N–H and O–H groups in total. The van der Waals surface area contributed by atoms with Gasteiger partial charge < -0.3 is 10.6 Å². The molecule has 1 aromatic carbocycles. The van der Waals surface area contributed by atoms with Crippen LogP contribution in [0.1, 0.15) is 23.3 Å². The molecule has 1 amide bonds. The summed E-state index contributed by atoms with van der Waals surface area (Å²) in [6.45, 7) is 1.34. The lowest BCUT2D eigenvalue weighted by atomic mass is 10.1. The second-order valence-electron chi connectivity index (χ2n) is 5.04. The molecule has 3 rings (SSSR count). The van der Waals surface area contributed by atoms with E-state index >= 15 is 0 Å². The Morgan fingerprint density at radius 3 is 2.85 bits per heavy atom. The Hall–Kier alpha value is -2.21. The zero-order valence-corrected chi connectivity index (χ0v) is 11.1. The van der Waals surface area contributed by atoms with Gasteiger partial charge in [0.15, 0.2) is 5.69 Å². The second-order valence-corrected chi connectivity index (χ2v) is 5.04. The minimum absolute atomic E-state index is 0.0665. The van der Waals surface area contributed by atoms with Gasteiger partial charge in [-0.3, -0.25) is 4.79 Å². The summed E-state index contributed by atoms with van der Waals surface area (Å²) in [5.74, 6) is -0.0951. The number of benzene rings is 1. The van der Waals surface area contributed by atoms with E-state index in [0.29, 0.717) is 12.2 Å². The number of carbonyl (C=O) groups is 1. The number of nitrogens with zero attached hydrogens (tertiary/aromatic N) is 4. The topological polar surface area (TPSA) is 77.0 Å². The standard InChI is InChI=1S/C14H17N5O/c15-11-5-4-8-18(9-11)14(20)13-10-19(17-16-13)12-6-2-1-3-7-12/h1-3,6-7,10-11H,4-5,8-9,15H2. The van der Waals surface area contributed by atoms with Gasteiger partial charge in [-0.1, -0.05) is 23.4 Å². The van der Waals surface area contributed by atoms with Crippen molar-refractivity contribution in [1.82, 2.24) is 19.9 Å². The minimum Gasteiger partial charge on any atom is -0.336 e. The first-order valence-corrected chi connectivity index (χ1v) is 6.76. The predicted molar refractivity (Wildman–Crippen MR) is 74.5 cm³/mol. The lowest BCUT2D eigenvalue weighted by molar-refractivity contribution is 0.0702. The summed E-state index contributed by atoms with van der Waals surface area (Å²) in [5.41, 5.74) is 7.15. The third kappa shape index (κ3) is 2.55. The largest absolute Gasteiger partial charge is 0.336 e. The van der Waals surface area contributed by atoms with Crippen molar-refractivity contribution in [2.24, 2.45) is 5.73 Å². The molecule has 1 aliphatic heterocycles. The van der Waals surface area contributed by atoms with Crippen molar-refractivity contribution in [2.75, 3.05) is 13.1 Å². The van der Waals surface area contributed by atoms with Crippen LogP contribution in [0.25, 0.3) is 5.69 Å². The molecule has 20 heavy (non-hydrogen) atoms. The number of piperidine rings is 1. The van der Waals surface area contributed by atoms with Gasteiger partial charge in [-0.2, -0.15) is 0 Å². The molecule has 6 heteroatoms. The van der Waals surface area contributed by atoms with Gasteiger partial charge in [0, 0.05) is 19.1 Å². The molecule has 0 aliphatic carbocycles. The Bertz CT molecular complexity index is 595. The molecule has 1 aliphatic rings. The molecule has 1 atom stereocenters. The molecule has 0 bridgehead atoms. The van der Waals surface area contributed by atoms with Crippen LogP contribution in [-0.4, -0.2) is 44.9 Å². The first-order chi connectivity index (χ1) is 9.74. The van der Waals surface area contributed by atoms with E-state index in [2.05, 4.69) is 10.3 Å². The van der Waals surface area contributed by atoms with Gasteiger partial charge in [0.25, 0.3) is 5.91 Å². The van der Waals surface area contributed by atoms with E-state index in [-0.39, 0.29) is 11.9 Å². The van der Waals surface area contributed by atoms with Gasteiger partial charge in [-0.15, -0.1) is 5.10 Å². The Kier molecular flexibility index (Phi) is 3.47. The lowest BCUT2D eigenvalue weighted by Gasteiger charge is -2.29. The number of rotatable bonds is 2. The van der Waals surface area contributed by atoms with E-state index in [9.17, 15) is 4.79 Å². The Labute approximate surface area is 117 Å². The highest BCUT2D eigenvalue weighted by molar-refractivity contribution is 5.92. The first kappa shape index (κ1) is 12.8. The highest BCUT2D eigenvalue weighted by atomic mass is 16.2. The Balaban J connectivity index is 1.78. The summed E-state index contributed by atoms with van der Waals surface area (Å²) in [7, 11) is 0. The van der Waals surface area contributed by atoms with Crippen molar-refractivity contribution in [3.8, 4) is 5.69 Å². The average molecular weight is 271 g/mol. The lowest BCUT2D eigenvalue weighted by Crippen LogP contribution is -2.45. The van der Waals surface area contributed by atoms with Gasteiger partial charge in [0.05, 0.1) is 11.9 Å². The van der Waals surface area contributed by atoms with Crippen molar-refractivity contribution in [2.45, 2.75) is 18.9 Å². The molecular weight excluding hydrogens is 254 g/mol. The van der Waals surface area contributed by atoms with Gasteiger partial charge in [0.2, 0.25) is 0 Å². The molecule has 1 saturated heterocycles. The molecule has 104 valence electrons. The van der Waals surface area contributed by atoms with Gasteiger partial charge in [-0.05, 0) is 25.0 Å². The summed E-state index contributed by atoms with van der Waals surface area (Å²) in [4.78, 5) is 14.1. The van der Waals surface area contributed by atoms with Crippen LogP contribution in [0.5, 0.6) is 0 Å². The van der Waals surface area contributed by atoms with Crippen LogP contribution in [-0.2, 0) is 0 Å². The summed E-state index contributed by atoms with van der Waals surface area (Å²) in [6, 6.07) is 9.67. The molecule has 0 radical (unpaired) electrons. The number of hydrogen-bond donors (Lipinski definition) is 1. The third-order valence-electron chi connectivity index (χ3n) is 3.48. The maximum atomic E-state index is 12.3. The SMILES string of the molecule is NC1CCCN(C(=O)c2cn(-c3ccccc3)nn2)C1. The molecule has 0 saturated carbocycles. The van der Waals surface area contributed by atoms with Crippen molar-refractivity contribution in [1.29, 1.82) is 0 Å². The molecule has 1 fully saturated rings. The Morgan fingerprint density at radius 2 is 2.10 bits per heavy atom. The molecule has 1 unspecified atom stereocenters. The highest BCUT2D eigenvalue weighted by Crippen LogP contribution is 2.12. The normalized spacial score (nSPS) is 19.1. The fraction of sp³-hybridized carbons (Fsp3) is 0.357. The number of hydrogen-bond acceptors (Lipinski definition) is 4. The van der Waals surface area contributed by atoms with Crippen molar-refractivity contribution >= 4 is 5.91 Å². The maximum absolute atomic E-state index is 12.3. The van der Waals surface area contributed by atoms with E-state index in [1.54, 1.807) is 15.8 Å². The van der Waals surface area contributed by atoms with Crippen LogP contribution < -0.4 is 5.73 Å². The van der Waals surface area contributed by atoms with E-state index in [4.69, 9.17) is 5.73 Å². The summed E-state index contributed by atoms with van der Waals surface area (Å²) in [6.07, 6.45) is 3.58. The van der Waals surface area contributed by atoms with Crippen molar-refractivity contribution in [3.63, 3.8) is 0 Å². The smallest absolute Gasteiger partial charge is 0.276 e. The number of carbonyl (C=O) groups excluding carboxylic acids is 1. The molecule has 0 spiro atoms. The second kappa shape index (κ2) is 5.42. The fourth-order valence-corrected chi connectivity index (χ4v) is 2.43. The number of aromatic nitrogens is 3. The zero-order valence-electron chi connectivity index (χ0n) is 11.1. The first-order valence-electron chi connectivity index (χ1n) is 6.76. The number of nitrogens with two attached hydrogens (primary N) is 1. The van der Waals surface area contributed by atoms with Gasteiger partial charge >= 0.3 is 0 Å². The van der Waals surface area contributed by atoms with Crippen LogP contribution in [0, 0.1) is 0 Å². The molecular formula is C14H17N5O. The number of likely N-dealkylation sites (tertiary alicyclic amines) is 1. The van der Waals surface area contributed by atoms with Crippen LogP contribution in [0.15, 0.2) is 36.5 Å². The number of amides is 1. The van der Waals surface area contributed by atoms with E-state index in [1.807, 2.05) is 30.3 Å². The quantitative estimate of drug-likeness (QED) is 0.877. The summed E-state index contributed by atoms with van der Waals surface area (Å²) in [5, 5.41) is 7.98. The third-order valence-corrected chi connectivity index (χ3v) is 3.48. The van der Waals surface area contributed by atoms with Crippen LogP contribution in [0.2, 0.25) is 0 Å². The van der Waals surface area contributed by atoms with Gasteiger partial charge in [-0.25, -0.2) is 4.68 Å². The van der Waals surface area contributed by atoms with Crippen LogP contribution in [0.3, 0.4) is 0 Å². The zero-order chi connectivity index (χ0) is 13.9. The molecule has 1 aromatic heterocycles. The van der Waals surface area contributed by atoms with Crippen molar-refractivity contribution < 1.29 is 4.79 Å². The monoisotopic (exact) mass is 271 g/mol. The van der Waals surface area contributed by atoms with Crippen LogP contribution >= 0.6 is 0 Å². The maximum Gasteiger partial charge on any atom is 0.276 e. The minimum atomic E-state index is -0.0951. The Morgan fingerprint density at radius 1 is 1.30 bits per heavy atom. The van der Waals surface area contributed by atoms with E-state index in [1.165, 1.54) is 0 Å². The molecule has 2 aromatic rings. The predicted octanol–water partition coefficient (Wildman–Crippen LogP) is 0.831. The average Bonchev–Trinajstić information content (AvgIpc) is 2.97. The highest BCUT2D eigenvalue weighted by Gasteiger charge is 2.24. The van der Waals surface area contributed by atoms with Crippen molar-refractivity contribution in [3.05, 3.63) is 42.2 Å². The van der Waals surface area contributed by atoms with Gasteiger partial charge in [0.1, 0.15) is 0 Å². The van der Waals surface area contributed by atoms with E-state index in [0.717, 1.165) is 25.1 Å². The summed E-state index contributed by atoms with van der Waals surface area (Å²) >= 11 is 0. The fourth-order valence-electron chi connectivity index (χ4n) is 2.43.